The zero-order chi connectivity index (χ0) is 94.2. The first-order valence-corrected chi connectivity index (χ1v) is 49.4. The van der Waals surface area contributed by atoms with E-state index < -0.39 is 10.8 Å². The molecule has 0 N–H and O–H groups in total. The Labute approximate surface area is 822 Å². The van der Waals surface area contributed by atoms with Crippen LogP contribution in [-0.4, -0.2) is 29.1 Å². The van der Waals surface area contributed by atoms with Crippen LogP contribution in [0.3, 0.4) is 0 Å². The minimum Gasteiger partial charge on any atom is -0.309 e. The number of benzene rings is 22. The van der Waals surface area contributed by atoms with E-state index in [1.165, 1.54) is 210 Å². The average molecular weight is 1810 g/mol. The Morgan fingerprint density at radius 2 is 0.444 bits per heavy atom. The Kier molecular flexibility index (Phi) is 17.7. The highest BCUT2D eigenvalue weighted by atomic mass is 15.0. The zero-order valence-corrected chi connectivity index (χ0v) is 79.3. The molecular weight excluding hydrogens is 1720 g/mol. The molecule has 4 aliphatic carbocycles. The van der Waals surface area contributed by atoms with E-state index >= 15 is 0 Å². The molecule has 0 saturated heterocycles. The van der Waals surface area contributed by atoms with E-state index in [2.05, 4.69) is 475 Å². The summed E-state index contributed by atoms with van der Waals surface area (Å²) in [4.78, 5) is 22.2. The standard InChI is InChI=1S/C84H49N3.C52H41N3/c1-9-28-70-58(20-1)59-21-2-10-29-71(59)83(70)74-32-13-5-24-62(74)64-42-38-52(47-76(64)83)50-36-40-56-57-41-37-51(53-39-43-65-63-25-6-14-33-75(63)84(77(65)48-53)72-30-11-3-22-60(72)61-23-4-12-31-73(61)84)46-69(57)82-81(68(56)45-50)85-49-78(86-82)54-18-17-19-55(44-54)87-79-34-15-7-26-66(79)67-27-8-16-35-80(67)87;1-30-22-32(3)49(33(4)23-30)37-18-20-40-41-21-19-38(50-34(5)24-31(2)25-35(50)6)28-45(41)52-51(44(40)27-37)53-29-46(54-52)36-12-11-13-39(26-36)55-47-16-9-7-14-42(47)43-15-8-10-17-48(43)55/h1-49H;7-29H,1-6H3. The Balaban J connectivity index is 0.000000151. The molecule has 664 valence electrons. The van der Waals surface area contributed by atoms with E-state index in [9.17, 15) is 0 Å². The van der Waals surface area contributed by atoms with Crippen molar-refractivity contribution in [2.24, 2.45) is 0 Å². The number of nitrogens with zero attached hydrogens (tertiary/aromatic N) is 6. The maximum atomic E-state index is 5.79. The van der Waals surface area contributed by atoms with Crippen LogP contribution >= 0.6 is 0 Å². The van der Waals surface area contributed by atoms with Crippen LogP contribution in [0.5, 0.6) is 0 Å². The van der Waals surface area contributed by atoms with Gasteiger partial charge >= 0.3 is 0 Å². The molecule has 0 atom stereocenters. The molecule has 26 aromatic rings. The first kappa shape index (κ1) is 81.3. The van der Waals surface area contributed by atoms with Crippen LogP contribution < -0.4 is 0 Å². The summed E-state index contributed by atoms with van der Waals surface area (Å²) in [6.45, 7) is 13.2. The van der Waals surface area contributed by atoms with Crippen molar-refractivity contribution in [3.63, 3.8) is 0 Å². The maximum Gasteiger partial charge on any atom is 0.0979 e. The largest absolute Gasteiger partial charge is 0.309 e. The lowest BCUT2D eigenvalue weighted by Gasteiger charge is -2.30. The number of aromatic nitrogens is 6. The number of rotatable bonds is 8. The van der Waals surface area contributed by atoms with Gasteiger partial charge in [0.15, 0.2) is 0 Å². The zero-order valence-electron chi connectivity index (χ0n) is 79.3. The van der Waals surface area contributed by atoms with Crippen LogP contribution in [0.1, 0.15) is 77.9 Å². The van der Waals surface area contributed by atoms with Gasteiger partial charge < -0.3 is 9.13 Å². The van der Waals surface area contributed by atoms with Crippen molar-refractivity contribution in [1.82, 2.24) is 29.1 Å². The molecule has 2 spiro atoms. The minimum absolute atomic E-state index is 0.442. The van der Waals surface area contributed by atoms with Gasteiger partial charge in [0.25, 0.3) is 0 Å². The molecule has 6 nitrogen and oxygen atoms in total. The maximum absolute atomic E-state index is 5.79. The van der Waals surface area contributed by atoms with Gasteiger partial charge in [0.2, 0.25) is 0 Å². The highest BCUT2D eigenvalue weighted by Gasteiger charge is 2.53. The molecule has 0 unspecified atom stereocenters. The fourth-order valence-corrected chi connectivity index (χ4v) is 26.2. The third-order valence-corrected chi connectivity index (χ3v) is 31.8. The first-order valence-electron chi connectivity index (χ1n) is 49.4. The van der Waals surface area contributed by atoms with Gasteiger partial charge in [-0.15, -0.1) is 0 Å². The van der Waals surface area contributed by atoms with Gasteiger partial charge in [-0.2, -0.15) is 0 Å². The third kappa shape index (κ3) is 11.7. The van der Waals surface area contributed by atoms with E-state index in [1.54, 1.807) is 0 Å². The Morgan fingerprint density at radius 3 is 0.768 bits per heavy atom. The van der Waals surface area contributed by atoms with Crippen molar-refractivity contribution < 1.29 is 0 Å². The molecule has 4 heterocycles. The van der Waals surface area contributed by atoms with Gasteiger partial charge in [-0.25, -0.2) is 9.97 Å². The quantitative estimate of drug-likeness (QED) is 0.142. The molecule has 142 heavy (non-hydrogen) atoms. The third-order valence-electron chi connectivity index (χ3n) is 31.8. The molecule has 0 saturated carbocycles. The topological polar surface area (TPSA) is 61.4 Å². The van der Waals surface area contributed by atoms with Gasteiger partial charge in [0, 0.05) is 65.6 Å². The highest BCUT2D eigenvalue weighted by Crippen LogP contribution is 2.66. The molecule has 0 amide bonds. The second-order valence-electron chi connectivity index (χ2n) is 39.6. The fraction of sp³-hybridized carbons (Fsp3) is 0.0588. The van der Waals surface area contributed by atoms with Gasteiger partial charge in [0.05, 0.1) is 78.7 Å². The van der Waals surface area contributed by atoms with Crippen LogP contribution in [0.15, 0.2) is 437 Å². The second kappa shape index (κ2) is 30.8. The van der Waals surface area contributed by atoms with Crippen molar-refractivity contribution in [2.45, 2.75) is 52.4 Å². The summed E-state index contributed by atoms with van der Waals surface area (Å²) in [5, 5.41) is 14.0. The molecule has 0 radical (unpaired) electrons. The van der Waals surface area contributed by atoms with Crippen molar-refractivity contribution in [3.8, 4) is 123 Å². The minimum atomic E-state index is -0.448. The van der Waals surface area contributed by atoms with Gasteiger partial charge in [-0.05, 0) is 304 Å². The van der Waals surface area contributed by atoms with E-state index in [0.717, 1.165) is 99.4 Å². The predicted octanol–water partition coefficient (Wildman–Crippen LogP) is 34.6. The highest BCUT2D eigenvalue weighted by molar-refractivity contribution is 6.26. The first-order chi connectivity index (χ1) is 69.9. The summed E-state index contributed by atoms with van der Waals surface area (Å²) in [5.41, 5.74) is 51.7. The fourth-order valence-electron chi connectivity index (χ4n) is 26.2. The van der Waals surface area contributed by atoms with E-state index in [-0.39, 0.29) is 0 Å². The summed E-state index contributed by atoms with van der Waals surface area (Å²) in [6, 6.07) is 158. The monoisotopic (exact) mass is 1810 g/mol. The van der Waals surface area contributed by atoms with Gasteiger partial charge in [-0.3, -0.25) is 9.97 Å². The van der Waals surface area contributed by atoms with Crippen molar-refractivity contribution >= 4 is 109 Å². The summed E-state index contributed by atoms with van der Waals surface area (Å²) in [6.07, 6.45) is 3.96. The van der Waals surface area contributed by atoms with E-state index in [0.29, 0.717) is 0 Å². The number of fused-ring (bicyclic) bond motifs is 38. The Hall–Kier alpha value is -17.8. The summed E-state index contributed by atoms with van der Waals surface area (Å²) >= 11 is 0. The van der Waals surface area contributed by atoms with Gasteiger partial charge in [-0.1, -0.05) is 351 Å². The predicted molar refractivity (Wildman–Crippen MR) is 591 cm³/mol. The lowest BCUT2D eigenvalue weighted by atomic mass is 9.70. The molecule has 4 aliphatic rings. The molecule has 4 aromatic heterocycles. The second-order valence-corrected chi connectivity index (χ2v) is 39.6. The lowest BCUT2D eigenvalue weighted by molar-refractivity contribution is 0.794. The number of hydrogen-bond donors (Lipinski definition) is 0. The lowest BCUT2D eigenvalue weighted by Crippen LogP contribution is -2.25. The number of aryl methyl sites for hydroxylation is 6. The molecule has 6 heteroatoms. The Bertz CT molecular complexity index is 9770. The molecule has 30 rings (SSSR count). The smallest absolute Gasteiger partial charge is 0.0979 e. The van der Waals surface area contributed by atoms with Crippen LogP contribution in [0.4, 0.5) is 0 Å². The van der Waals surface area contributed by atoms with Gasteiger partial charge in [0.1, 0.15) is 0 Å². The molecule has 0 bridgehead atoms. The molecule has 0 fully saturated rings. The normalized spacial score (nSPS) is 13.1. The van der Waals surface area contributed by atoms with Crippen LogP contribution in [0, 0.1) is 41.5 Å². The summed E-state index contributed by atoms with van der Waals surface area (Å²) in [7, 11) is 0. The SMILES string of the molecule is Cc1cc(C)c(-c2ccc3c4ccc(-c5c(C)cc(C)cc5C)cc4c4nc(-c5cccc(-n6c7ccccc7c7ccccc76)c5)cnc4c3c2)c(C)c1.c1cc(-c2cnc3c4cc(-c5ccc6c(c5)C5(c7ccccc7-c7ccccc75)c5ccccc5-6)ccc4c4ccc(-c5ccc6c(c5)C5(c7ccccc7-c7ccccc75)c5ccccc5-6)cc4c3n2)cc(-n2c3ccccc3c3ccccc32)c1. The van der Waals surface area contributed by atoms with E-state index in [4.69, 9.17) is 19.9 Å². The molecule has 0 aliphatic heterocycles. The van der Waals surface area contributed by atoms with Crippen molar-refractivity contribution in [2.75, 3.05) is 0 Å². The van der Waals surface area contributed by atoms with Crippen LogP contribution in [-0.2, 0) is 10.8 Å². The van der Waals surface area contributed by atoms with Crippen molar-refractivity contribution in [1.29, 1.82) is 0 Å². The molecular formula is C136H90N6. The number of hydrogen-bond acceptors (Lipinski definition) is 4. The molecule has 22 aromatic carbocycles. The number of para-hydroxylation sites is 4. The Morgan fingerprint density at radius 1 is 0.183 bits per heavy atom. The van der Waals surface area contributed by atoms with Crippen molar-refractivity contribution in [3.05, 3.63) is 515 Å². The van der Waals surface area contributed by atoms with Crippen LogP contribution in [0.2, 0.25) is 0 Å². The summed E-state index contributed by atoms with van der Waals surface area (Å²) in [5.74, 6) is 0. The average Bonchev–Trinajstić information content (AvgIpc) is 1.51. The van der Waals surface area contributed by atoms with Crippen LogP contribution in [0.25, 0.3) is 232 Å². The van der Waals surface area contributed by atoms with E-state index in [1.807, 2.05) is 12.4 Å². The summed E-state index contributed by atoms with van der Waals surface area (Å²) < 4.78 is 4.74.